The first kappa shape index (κ1) is 23.9. The fourth-order valence-corrected chi connectivity index (χ4v) is 4.24. The van der Waals surface area contributed by atoms with E-state index in [1.54, 1.807) is 12.1 Å². The van der Waals surface area contributed by atoms with Gasteiger partial charge in [0.15, 0.2) is 0 Å². The minimum Gasteiger partial charge on any atom is -0.462 e. The normalized spacial score (nSPS) is 17.2. The lowest BCUT2D eigenvalue weighted by Gasteiger charge is -2.28. The Hall–Kier alpha value is -2.20. The Kier molecular flexibility index (Phi) is 8.55. The number of hydrogen-bond donors (Lipinski definition) is 0. The van der Waals surface area contributed by atoms with Crippen LogP contribution in [0.4, 0.5) is 10.2 Å². The number of halogens is 1. The number of benzene rings is 1. The van der Waals surface area contributed by atoms with Crippen LogP contribution in [-0.4, -0.2) is 85.5 Å². The molecule has 1 aromatic carbocycles. The summed E-state index contributed by atoms with van der Waals surface area (Å²) in [5.74, 6) is 0.593. The molecular weight excluding hydrogens is 443 g/mol. The second-order valence-electron chi connectivity index (χ2n) is 8.39. The third-order valence-electron chi connectivity index (χ3n) is 5.80. The first-order valence-electron chi connectivity index (χ1n) is 11.5. The molecule has 0 aliphatic carbocycles. The zero-order valence-corrected chi connectivity index (χ0v) is 19.9. The Bertz CT molecular complexity index is 949. The quantitative estimate of drug-likeness (QED) is 0.514. The molecule has 4 rings (SSSR count). The molecule has 0 saturated carbocycles. The van der Waals surface area contributed by atoms with Gasteiger partial charge in [-0.15, -0.1) is 0 Å². The maximum atomic E-state index is 14.3. The Morgan fingerprint density at radius 3 is 2.48 bits per heavy atom. The summed E-state index contributed by atoms with van der Waals surface area (Å²) in [5, 5.41) is 0. The van der Waals surface area contributed by atoms with Crippen LogP contribution in [0.1, 0.15) is 16.8 Å². The highest BCUT2D eigenvalue weighted by atomic mass is 32.1. The zero-order valence-electron chi connectivity index (χ0n) is 19.1. The monoisotopic (exact) mass is 474 g/mol. The highest BCUT2D eigenvalue weighted by molar-refractivity contribution is 7.80. The van der Waals surface area contributed by atoms with Gasteiger partial charge in [0.2, 0.25) is 0 Å². The molecule has 2 aliphatic heterocycles. The molecule has 0 amide bonds. The Balaban J connectivity index is 1.44. The van der Waals surface area contributed by atoms with E-state index in [0.717, 1.165) is 67.9 Å². The molecule has 0 unspecified atom stereocenters. The van der Waals surface area contributed by atoms with Crippen LogP contribution in [0, 0.1) is 12.7 Å². The third-order valence-corrected chi connectivity index (χ3v) is 6.09. The van der Waals surface area contributed by atoms with E-state index in [0.29, 0.717) is 44.2 Å². The van der Waals surface area contributed by atoms with Crippen molar-refractivity contribution in [2.75, 3.05) is 70.7 Å². The van der Waals surface area contributed by atoms with Gasteiger partial charge in [0.05, 0.1) is 32.1 Å². The minimum absolute atomic E-state index is 0.221. The van der Waals surface area contributed by atoms with Gasteiger partial charge < -0.3 is 19.1 Å². The summed E-state index contributed by atoms with van der Waals surface area (Å²) in [6.45, 7) is 9.37. The van der Waals surface area contributed by atoms with Gasteiger partial charge in [-0.3, -0.25) is 4.90 Å². The molecule has 1 aromatic heterocycles. The molecule has 33 heavy (non-hydrogen) atoms. The fraction of sp³-hybridized carbons (Fsp3) is 0.542. The lowest BCUT2D eigenvalue weighted by atomic mass is 10.0. The summed E-state index contributed by atoms with van der Waals surface area (Å²) in [7, 11) is 0. The number of nitrogens with zero attached hydrogens (tertiary/aromatic N) is 4. The van der Waals surface area contributed by atoms with Gasteiger partial charge in [-0.1, -0.05) is 24.4 Å². The molecule has 2 aliphatic rings. The SMILES string of the molecule is Cc1ccc(CC(=S)Cc2cc(N3CCOCC3)nc(OCCN3CCOCC3)n2)c(F)c1. The summed E-state index contributed by atoms with van der Waals surface area (Å²) >= 11 is 5.61. The average Bonchev–Trinajstić information content (AvgIpc) is 2.82. The van der Waals surface area contributed by atoms with Gasteiger partial charge >= 0.3 is 6.01 Å². The number of rotatable bonds is 9. The Labute approximate surface area is 199 Å². The summed E-state index contributed by atoms with van der Waals surface area (Å²) < 4.78 is 31.1. The van der Waals surface area contributed by atoms with Crippen molar-refractivity contribution >= 4 is 22.9 Å². The summed E-state index contributed by atoms with van der Waals surface area (Å²) in [6, 6.07) is 7.56. The van der Waals surface area contributed by atoms with Crippen LogP contribution in [0.5, 0.6) is 6.01 Å². The fourth-order valence-electron chi connectivity index (χ4n) is 3.93. The first-order chi connectivity index (χ1) is 16.1. The number of hydrogen-bond acceptors (Lipinski definition) is 8. The molecule has 0 spiro atoms. The Morgan fingerprint density at radius 1 is 1.03 bits per heavy atom. The van der Waals surface area contributed by atoms with E-state index in [9.17, 15) is 4.39 Å². The summed E-state index contributed by atoms with van der Waals surface area (Å²) in [6.07, 6.45) is 0.855. The molecule has 0 N–H and O–H groups in total. The highest BCUT2D eigenvalue weighted by Gasteiger charge is 2.17. The number of morpholine rings is 2. The predicted octanol–water partition coefficient (Wildman–Crippen LogP) is 2.63. The number of aryl methyl sites for hydroxylation is 1. The molecule has 2 saturated heterocycles. The molecular formula is C24H31FN4O3S. The molecule has 0 radical (unpaired) electrons. The van der Waals surface area contributed by atoms with Gasteiger partial charge in [0.25, 0.3) is 0 Å². The van der Waals surface area contributed by atoms with Crippen LogP contribution in [0.3, 0.4) is 0 Å². The summed E-state index contributed by atoms with van der Waals surface area (Å²) in [5.41, 5.74) is 2.28. The van der Waals surface area contributed by atoms with E-state index in [2.05, 4.69) is 19.8 Å². The second-order valence-corrected chi connectivity index (χ2v) is 8.97. The first-order valence-corrected chi connectivity index (χ1v) is 11.9. The maximum absolute atomic E-state index is 14.3. The van der Waals surface area contributed by atoms with Crippen molar-refractivity contribution in [1.82, 2.24) is 14.9 Å². The average molecular weight is 475 g/mol. The lowest BCUT2D eigenvalue weighted by molar-refractivity contribution is 0.0317. The summed E-state index contributed by atoms with van der Waals surface area (Å²) in [4.78, 5) is 14.5. The molecule has 0 atom stereocenters. The Morgan fingerprint density at radius 2 is 1.76 bits per heavy atom. The van der Waals surface area contributed by atoms with E-state index < -0.39 is 0 Å². The van der Waals surface area contributed by atoms with Gasteiger partial charge in [0, 0.05) is 56.5 Å². The van der Waals surface area contributed by atoms with Crippen molar-refractivity contribution in [3.63, 3.8) is 0 Å². The van der Waals surface area contributed by atoms with Gasteiger partial charge in [0.1, 0.15) is 18.2 Å². The van der Waals surface area contributed by atoms with E-state index in [1.807, 2.05) is 19.1 Å². The maximum Gasteiger partial charge on any atom is 0.318 e. The van der Waals surface area contributed by atoms with Crippen molar-refractivity contribution in [2.45, 2.75) is 19.8 Å². The van der Waals surface area contributed by atoms with E-state index >= 15 is 0 Å². The van der Waals surface area contributed by atoms with E-state index in [-0.39, 0.29) is 5.82 Å². The zero-order chi connectivity index (χ0) is 23.0. The third kappa shape index (κ3) is 7.14. The lowest BCUT2D eigenvalue weighted by Crippen LogP contribution is -2.39. The number of aromatic nitrogens is 2. The van der Waals surface area contributed by atoms with Crippen LogP contribution in [0.15, 0.2) is 24.3 Å². The topological polar surface area (TPSA) is 60.0 Å². The second kappa shape index (κ2) is 11.8. The van der Waals surface area contributed by atoms with Crippen molar-refractivity contribution in [1.29, 1.82) is 0 Å². The van der Waals surface area contributed by atoms with Crippen molar-refractivity contribution in [2.24, 2.45) is 0 Å². The number of thiocarbonyl (C=S) groups is 1. The van der Waals surface area contributed by atoms with Crippen LogP contribution in [0.2, 0.25) is 0 Å². The van der Waals surface area contributed by atoms with E-state index in [1.165, 1.54) is 0 Å². The van der Waals surface area contributed by atoms with Crippen molar-refractivity contribution in [3.05, 3.63) is 46.9 Å². The smallest absolute Gasteiger partial charge is 0.318 e. The molecule has 7 nitrogen and oxygen atoms in total. The molecule has 2 aromatic rings. The largest absolute Gasteiger partial charge is 0.462 e. The predicted molar refractivity (Wildman–Crippen MR) is 129 cm³/mol. The number of ether oxygens (including phenoxy) is 3. The molecule has 0 bridgehead atoms. The van der Waals surface area contributed by atoms with Gasteiger partial charge in [-0.2, -0.15) is 9.97 Å². The highest BCUT2D eigenvalue weighted by Crippen LogP contribution is 2.20. The van der Waals surface area contributed by atoms with Crippen LogP contribution in [0.25, 0.3) is 0 Å². The van der Waals surface area contributed by atoms with E-state index in [4.69, 9.17) is 26.4 Å². The van der Waals surface area contributed by atoms with Crippen LogP contribution < -0.4 is 9.64 Å². The van der Waals surface area contributed by atoms with Crippen LogP contribution >= 0.6 is 12.2 Å². The molecule has 178 valence electrons. The van der Waals surface area contributed by atoms with Gasteiger partial charge in [-0.05, 0) is 24.1 Å². The van der Waals surface area contributed by atoms with Gasteiger partial charge in [-0.25, -0.2) is 4.39 Å². The molecule has 3 heterocycles. The minimum atomic E-state index is -0.221. The molecule has 2 fully saturated rings. The van der Waals surface area contributed by atoms with Crippen molar-refractivity contribution < 1.29 is 18.6 Å². The van der Waals surface area contributed by atoms with Crippen LogP contribution in [-0.2, 0) is 22.3 Å². The van der Waals surface area contributed by atoms with Crippen molar-refractivity contribution in [3.8, 4) is 6.01 Å². The molecule has 9 heteroatoms. The standard InChI is InChI=1S/C24H31FN4O3S/c1-18-2-3-19(22(25)14-18)15-21(33)16-20-17-23(29-7-11-31-12-8-29)27-24(26-20)32-13-6-28-4-9-30-10-5-28/h2-3,14,17H,4-13,15-16H2,1H3. The number of anilines is 1.